The molecular weight excluding hydrogens is 125 g/mol. The Morgan fingerprint density at radius 1 is 1.50 bits per heavy atom. The molecule has 0 rings (SSSR count). The summed E-state index contributed by atoms with van der Waals surface area (Å²) < 4.78 is 36.8. The summed E-state index contributed by atoms with van der Waals surface area (Å²) in [5.74, 6) is 0. The molecule has 0 amide bonds. The molecule has 0 aliphatic carbocycles. The van der Waals surface area contributed by atoms with Crippen molar-refractivity contribution in [2.45, 2.75) is 12.5 Å². The molecule has 0 saturated carbocycles. The largest absolute Gasteiger partial charge is 0.439 e. The Morgan fingerprint density at radius 2 is 1.88 bits per heavy atom. The number of alkyl halides is 3. The highest BCUT2D eigenvalue weighted by atomic mass is 19.4. The first-order chi connectivity index (χ1) is 3.48. The molecule has 0 unspecified atom stereocenters. The number of aliphatic hydroxyl groups is 1. The predicted molar refractivity (Wildman–Crippen MR) is 19.1 cm³/mol. The topological polar surface area (TPSA) is 29.5 Å². The van der Waals surface area contributed by atoms with Crippen LogP contribution in [0.4, 0.5) is 13.2 Å². The number of rotatable bonds is 1. The van der Waals surface area contributed by atoms with Crippen molar-refractivity contribution in [1.82, 2.24) is 0 Å². The van der Waals surface area contributed by atoms with Gasteiger partial charge >= 0.3 is 6.18 Å². The third kappa shape index (κ3) is 2.13. The molecule has 0 bridgehead atoms. The van der Waals surface area contributed by atoms with Crippen LogP contribution in [-0.4, -0.2) is 24.7 Å². The second-order valence-electron chi connectivity index (χ2n) is 1.13. The van der Waals surface area contributed by atoms with Gasteiger partial charge in [-0.05, 0) is 0 Å². The molecule has 0 spiro atoms. The Morgan fingerprint density at radius 3 is 1.88 bits per heavy atom. The van der Waals surface area contributed by atoms with Crippen molar-refractivity contribution in [3.8, 4) is 0 Å². The molecule has 0 aliphatic rings. The predicted octanol–water partition coefficient (Wildman–Crippen LogP) is 0.514. The van der Waals surface area contributed by atoms with Crippen LogP contribution >= 0.6 is 0 Å². The second kappa shape index (κ2) is 2.32. The fraction of sp³-hybridized carbons (Fsp3) is 1.00. The van der Waals surface area contributed by atoms with E-state index in [1.165, 1.54) is 0 Å². The zero-order valence-electron chi connectivity index (χ0n) is 4.07. The summed E-state index contributed by atoms with van der Waals surface area (Å²) in [6.07, 6.45) is -7.31. The summed E-state index contributed by atoms with van der Waals surface area (Å²) in [5.41, 5.74) is 0. The van der Waals surface area contributed by atoms with Gasteiger partial charge in [-0.25, -0.2) is 0 Å². The van der Waals surface area contributed by atoms with Gasteiger partial charge in [0.1, 0.15) is 0 Å². The standard InChI is InChI=1S/C3H5F3O2/c1-8-2(7)3(4,5)6/h2,7H,1H3/t2-/m0/s1. The highest BCUT2D eigenvalue weighted by Crippen LogP contribution is 2.19. The van der Waals surface area contributed by atoms with Gasteiger partial charge in [-0.15, -0.1) is 0 Å². The van der Waals surface area contributed by atoms with Crippen LogP contribution < -0.4 is 0 Å². The lowest BCUT2D eigenvalue weighted by Crippen LogP contribution is -2.29. The Kier molecular flexibility index (Phi) is 2.24. The number of hydrogen-bond donors (Lipinski definition) is 1. The van der Waals surface area contributed by atoms with Gasteiger partial charge in [0.2, 0.25) is 0 Å². The summed E-state index contributed by atoms with van der Waals surface area (Å²) in [6.45, 7) is 0. The molecule has 0 aliphatic heterocycles. The smallest absolute Gasteiger partial charge is 0.361 e. The second-order valence-corrected chi connectivity index (χ2v) is 1.13. The molecule has 5 heteroatoms. The molecular formula is C3H5F3O2. The van der Waals surface area contributed by atoms with E-state index in [1.807, 2.05) is 0 Å². The zero-order valence-corrected chi connectivity index (χ0v) is 4.07. The first kappa shape index (κ1) is 7.71. The minimum absolute atomic E-state index is 0.776. The van der Waals surface area contributed by atoms with E-state index in [4.69, 9.17) is 5.11 Å². The van der Waals surface area contributed by atoms with E-state index in [0.717, 1.165) is 7.11 Å². The maximum atomic E-state index is 11.1. The van der Waals surface area contributed by atoms with Gasteiger partial charge in [0.05, 0.1) is 0 Å². The molecule has 0 heterocycles. The van der Waals surface area contributed by atoms with Crippen LogP contribution in [0.25, 0.3) is 0 Å². The maximum absolute atomic E-state index is 11.1. The van der Waals surface area contributed by atoms with Crippen molar-refractivity contribution in [2.75, 3.05) is 7.11 Å². The highest BCUT2D eigenvalue weighted by molar-refractivity contribution is 4.50. The number of halogens is 3. The van der Waals surface area contributed by atoms with Crippen LogP contribution in [0, 0.1) is 0 Å². The van der Waals surface area contributed by atoms with Gasteiger partial charge in [-0.3, -0.25) is 0 Å². The maximum Gasteiger partial charge on any atom is 0.439 e. The fourth-order valence-electron chi connectivity index (χ4n) is 0.134. The van der Waals surface area contributed by atoms with Crippen molar-refractivity contribution < 1.29 is 23.0 Å². The van der Waals surface area contributed by atoms with Crippen molar-refractivity contribution in [3.05, 3.63) is 0 Å². The first-order valence-electron chi connectivity index (χ1n) is 1.76. The minimum atomic E-state index is -4.66. The Balaban J connectivity index is 3.62. The number of methoxy groups -OCH3 is 1. The number of ether oxygens (including phenoxy) is 1. The van der Waals surface area contributed by atoms with E-state index in [-0.39, 0.29) is 0 Å². The average Bonchev–Trinajstić information content (AvgIpc) is 1.62. The lowest BCUT2D eigenvalue weighted by atomic mass is 10.6. The Hall–Kier alpha value is -0.290. The fourth-order valence-corrected chi connectivity index (χ4v) is 0.134. The van der Waals surface area contributed by atoms with E-state index >= 15 is 0 Å². The van der Waals surface area contributed by atoms with E-state index in [9.17, 15) is 13.2 Å². The van der Waals surface area contributed by atoms with Crippen molar-refractivity contribution >= 4 is 0 Å². The van der Waals surface area contributed by atoms with Gasteiger partial charge in [0.25, 0.3) is 6.29 Å². The van der Waals surface area contributed by atoms with Crippen molar-refractivity contribution in [1.29, 1.82) is 0 Å². The SMILES string of the molecule is CO[C@H](O)C(F)(F)F. The molecule has 0 aromatic rings. The summed E-state index contributed by atoms with van der Waals surface area (Å²) in [4.78, 5) is 0. The molecule has 0 saturated heterocycles. The molecule has 2 nitrogen and oxygen atoms in total. The summed E-state index contributed by atoms with van der Waals surface area (Å²) in [6, 6.07) is 0. The molecule has 50 valence electrons. The Bertz CT molecular complexity index is 69.4. The minimum Gasteiger partial charge on any atom is -0.361 e. The van der Waals surface area contributed by atoms with Crippen LogP contribution in [0.3, 0.4) is 0 Å². The third-order valence-electron chi connectivity index (χ3n) is 0.503. The molecule has 0 aromatic heterocycles. The Labute approximate surface area is 43.9 Å². The van der Waals surface area contributed by atoms with Gasteiger partial charge in [0, 0.05) is 7.11 Å². The molecule has 1 N–H and O–H groups in total. The highest BCUT2D eigenvalue weighted by Gasteiger charge is 2.38. The van der Waals surface area contributed by atoms with Crippen molar-refractivity contribution in [3.63, 3.8) is 0 Å². The van der Waals surface area contributed by atoms with Crippen molar-refractivity contribution in [2.24, 2.45) is 0 Å². The molecule has 0 radical (unpaired) electrons. The third-order valence-corrected chi connectivity index (χ3v) is 0.503. The molecule has 8 heavy (non-hydrogen) atoms. The van der Waals surface area contributed by atoms with Crippen LogP contribution in [0.2, 0.25) is 0 Å². The van der Waals surface area contributed by atoms with E-state index in [1.54, 1.807) is 0 Å². The number of hydrogen-bond acceptors (Lipinski definition) is 2. The normalized spacial score (nSPS) is 16.1. The van der Waals surface area contributed by atoms with Gasteiger partial charge in [0.15, 0.2) is 0 Å². The lowest BCUT2D eigenvalue weighted by Gasteiger charge is -2.10. The van der Waals surface area contributed by atoms with Crippen LogP contribution in [0.15, 0.2) is 0 Å². The quantitative estimate of drug-likeness (QED) is 0.524. The van der Waals surface area contributed by atoms with E-state index < -0.39 is 12.5 Å². The van der Waals surface area contributed by atoms with Gasteiger partial charge in [-0.1, -0.05) is 0 Å². The van der Waals surface area contributed by atoms with Gasteiger partial charge in [-0.2, -0.15) is 13.2 Å². The molecule has 1 atom stereocenters. The molecule has 0 aromatic carbocycles. The lowest BCUT2D eigenvalue weighted by molar-refractivity contribution is -0.285. The van der Waals surface area contributed by atoms with E-state index in [0.29, 0.717) is 0 Å². The summed E-state index contributed by atoms with van der Waals surface area (Å²) >= 11 is 0. The zero-order chi connectivity index (χ0) is 6.78. The van der Waals surface area contributed by atoms with Crippen LogP contribution in [-0.2, 0) is 4.74 Å². The van der Waals surface area contributed by atoms with Gasteiger partial charge < -0.3 is 9.84 Å². The van der Waals surface area contributed by atoms with Crippen LogP contribution in [0.1, 0.15) is 0 Å². The number of aliphatic hydroxyl groups excluding tert-OH is 1. The monoisotopic (exact) mass is 130 g/mol. The van der Waals surface area contributed by atoms with E-state index in [2.05, 4.69) is 4.74 Å². The molecule has 0 fully saturated rings. The first-order valence-corrected chi connectivity index (χ1v) is 1.76. The van der Waals surface area contributed by atoms with Crippen LogP contribution in [0.5, 0.6) is 0 Å². The average molecular weight is 130 g/mol. The summed E-state index contributed by atoms with van der Waals surface area (Å²) in [5, 5.41) is 7.85. The summed E-state index contributed by atoms with van der Waals surface area (Å²) in [7, 11) is 0.776.